The number of ether oxygens (including phenoxy) is 1. The lowest BCUT2D eigenvalue weighted by atomic mass is 9.78. The minimum absolute atomic E-state index is 0.141. The average Bonchev–Trinajstić information content (AvgIpc) is 3.19. The van der Waals surface area contributed by atoms with Gasteiger partial charge in [0.15, 0.2) is 0 Å². The molecule has 5 nitrogen and oxygen atoms in total. The van der Waals surface area contributed by atoms with E-state index in [4.69, 9.17) is 4.74 Å². The summed E-state index contributed by atoms with van der Waals surface area (Å²) in [7, 11) is 1.66. The maximum atomic E-state index is 12.9. The molecule has 3 rings (SSSR count). The lowest BCUT2D eigenvalue weighted by Crippen LogP contribution is -2.51. The Kier molecular flexibility index (Phi) is 5.02. The van der Waals surface area contributed by atoms with E-state index in [1.165, 1.54) is 0 Å². The van der Waals surface area contributed by atoms with Crippen molar-refractivity contribution in [2.45, 2.75) is 25.7 Å². The molecule has 0 N–H and O–H groups in total. The topological polar surface area (TPSA) is 49.9 Å². The van der Waals surface area contributed by atoms with Gasteiger partial charge in [0.2, 0.25) is 11.8 Å². The first-order valence-corrected chi connectivity index (χ1v) is 9.16. The van der Waals surface area contributed by atoms with Crippen LogP contribution in [0.15, 0.2) is 16.8 Å². The molecule has 2 saturated heterocycles. The Balaban J connectivity index is 1.63. The quantitative estimate of drug-likeness (QED) is 0.823. The Hall–Kier alpha value is -1.40. The van der Waals surface area contributed by atoms with Crippen LogP contribution < -0.4 is 0 Å². The number of nitrogens with zero attached hydrogens (tertiary/aromatic N) is 2. The van der Waals surface area contributed by atoms with E-state index >= 15 is 0 Å². The zero-order valence-corrected chi connectivity index (χ0v) is 14.4. The molecule has 2 aliphatic heterocycles. The third-order valence-electron chi connectivity index (χ3n) is 5.03. The minimum Gasteiger partial charge on any atom is -0.383 e. The molecular weight excluding hydrogens is 312 g/mol. The number of hydrogen-bond acceptors (Lipinski definition) is 4. The van der Waals surface area contributed by atoms with Crippen molar-refractivity contribution in [3.8, 4) is 0 Å². The van der Waals surface area contributed by atoms with E-state index in [1.54, 1.807) is 18.4 Å². The fourth-order valence-electron chi connectivity index (χ4n) is 3.71. The Labute approximate surface area is 141 Å². The summed E-state index contributed by atoms with van der Waals surface area (Å²) in [5.74, 6) is 0.355. The summed E-state index contributed by atoms with van der Waals surface area (Å²) in [6.45, 7) is 3.32. The van der Waals surface area contributed by atoms with Gasteiger partial charge in [0.05, 0.1) is 18.4 Å². The van der Waals surface area contributed by atoms with Gasteiger partial charge >= 0.3 is 0 Å². The number of carbonyl (C=O) groups excluding carboxylic acids is 2. The number of thiophene rings is 1. The number of hydrogen-bond donors (Lipinski definition) is 0. The summed E-state index contributed by atoms with van der Waals surface area (Å²) in [5.41, 5.74) is 0.716. The molecule has 1 atom stereocenters. The van der Waals surface area contributed by atoms with E-state index in [2.05, 4.69) is 0 Å². The summed E-state index contributed by atoms with van der Waals surface area (Å²) >= 11 is 1.61. The smallest absolute Gasteiger partial charge is 0.230 e. The fourth-order valence-corrected chi connectivity index (χ4v) is 4.38. The predicted molar refractivity (Wildman–Crippen MR) is 89.3 cm³/mol. The third kappa shape index (κ3) is 3.43. The Morgan fingerprint density at radius 1 is 1.39 bits per heavy atom. The van der Waals surface area contributed by atoms with Crippen molar-refractivity contribution in [3.63, 3.8) is 0 Å². The van der Waals surface area contributed by atoms with Gasteiger partial charge in [-0.25, -0.2) is 0 Å². The van der Waals surface area contributed by atoms with Crippen molar-refractivity contribution >= 4 is 23.2 Å². The van der Waals surface area contributed by atoms with E-state index in [0.717, 1.165) is 31.4 Å². The molecule has 1 spiro atoms. The largest absolute Gasteiger partial charge is 0.383 e. The number of methoxy groups -OCH3 is 1. The van der Waals surface area contributed by atoms with Gasteiger partial charge in [0.25, 0.3) is 0 Å². The number of amides is 2. The molecular formula is C17H24N2O3S. The molecule has 2 aliphatic rings. The summed E-state index contributed by atoms with van der Waals surface area (Å²) in [6.07, 6.45) is 3.16. The molecule has 0 saturated carbocycles. The van der Waals surface area contributed by atoms with Crippen LogP contribution in [0.4, 0.5) is 0 Å². The van der Waals surface area contributed by atoms with Crippen LogP contribution >= 0.6 is 11.3 Å². The zero-order chi connectivity index (χ0) is 16.3. The molecule has 0 radical (unpaired) electrons. The lowest BCUT2D eigenvalue weighted by molar-refractivity contribution is -0.146. The van der Waals surface area contributed by atoms with Crippen LogP contribution in [0.25, 0.3) is 0 Å². The monoisotopic (exact) mass is 336 g/mol. The Morgan fingerprint density at radius 3 is 3.00 bits per heavy atom. The van der Waals surface area contributed by atoms with Gasteiger partial charge in [-0.3, -0.25) is 9.59 Å². The van der Waals surface area contributed by atoms with Gasteiger partial charge in [-0.1, -0.05) is 0 Å². The highest BCUT2D eigenvalue weighted by Gasteiger charge is 2.49. The summed E-state index contributed by atoms with van der Waals surface area (Å²) in [4.78, 5) is 29.2. The van der Waals surface area contributed by atoms with E-state index in [9.17, 15) is 9.59 Å². The highest BCUT2D eigenvalue weighted by Crippen LogP contribution is 2.40. The van der Waals surface area contributed by atoms with Gasteiger partial charge in [-0.05, 0) is 41.7 Å². The van der Waals surface area contributed by atoms with E-state index < -0.39 is 0 Å². The van der Waals surface area contributed by atoms with Crippen molar-refractivity contribution < 1.29 is 14.3 Å². The van der Waals surface area contributed by atoms with Crippen LogP contribution in [0.5, 0.6) is 0 Å². The molecule has 2 amide bonds. The van der Waals surface area contributed by atoms with Gasteiger partial charge in [-0.2, -0.15) is 11.3 Å². The van der Waals surface area contributed by atoms with Gasteiger partial charge in [0, 0.05) is 33.3 Å². The number of piperidine rings is 1. The number of rotatable bonds is 5. The van der Waals surface area contributed by atoms with Crippen molar-refractivity contribution in [1.82, 2.24) is 9.80 Å². The van der Waals surface area contributed by atoms with E-state index in [-0.39, 0.29) is 17.2 Å². The molecule has 23 heavy (non-hydrogen) atoms. The molecule has 2 fully saturated rings. The second-order valence-corrected chi connectivity index (χ2v) is 7.32. The maximum absolute atomic E-state index is 12.9. The molecule has 1 aromatic heterocycles. The van der Waals surface area contributed by atoms with Gasteiger partial charge in [0.1, 0.15) is 0 Å². The maximum Gasteiger partial charge on any atom is 0.230 e. The zero-order valence-electron chi connectivity index (χ0n) is 13.6. The first-order valence-electron chi connectivity index (χ1n) is 8.22. The van der Waals surface area contributed by atoms with Crippen molar-refractivity contribution in [2.24, 2.45) is 5.41 Å². The highest BCUT2D eigenvalue weighted by molar-refractivity contribution is 7.08. The number of carbonyl (C=O) groups is 2. The molecule has 3 heterocycles. The normalized spacial score (nSPS) is 24.7. The second-order valence-electron chi connectivity index (χ2n) is 6.54. The van der Waals surface area contributed by atoms with Crippen LogP contribution in [0, 0.1) is 5.41 Å². The van der Waals surface area contributed by atoms with Crippen LogP contribution in [0.3, 0.4) is 0 Å². The molecule has 0 aliphatic carbocycles. The Morgan fingerprint density at radius 2 is 2.26 bits per heavy atom. The van der Waals surface area contributed by atoms with Crippen LogP contribution in [-0.2, 0) is 20.7 Å². The van der Waals surface area contributed by atoms with Crippen molar-refractivity contribution in [3.05, 3.63) is 22.4 Å². The third-order valence-corrected chi connectivity index (χ3v) is 5.76. The highest BCUT2D eigenvalue weighted by atomic mass is 32.1. The summed E-state index contributed by atoms with van der Waals surface area (Å²) in [5, 5.41) is 4.01. The molecule has 1 aromatic rings. The Bertz CT molecular complexity index is 560. The SMILES string of the molecule is COCCN1CCC[C@]2(CCN(C(=O)Cc3ccsc3)C2)C1=O. The first kappa shape index (κ1) is 16.5. The number of likely N-dealkylation sites (tertiary alicyclic amines) is 2. The predicted octanol–water partition coefficient (Wildman–Crippen LogP) is 1.78. The molecule has 0 unspecified atom stereocenters. The fraction of sp³-hybridized carbons (Fsp3) is 0.647. The van der Waals surface area contributed by atoms with Gasteiger partial charge in [-0.15, -0.1) is 0 Å². The standard InChI is InChI=1S/C17H24N2O3S/c1-22-9-8-18-6-2-4-17(16(18)21)5-7-19(13-17)15(20)11-14-3-10-23-12-14/h3,10,12H,2,4-9,11,13H2,1H3/t17-/m1/s1. The van der Waals surface area contributed by atoms with Crippen LogP contribution in [0.1, 0.15) is 24.8 Å². The van der Waals surface area contributed by atoms with Crippen LogP contribution in [0.2, 0.25) is 0 Å². The van der Waals surface area contributed by atoms with E-state index in [1.807, 2.05) is 26.6 Å². The van der Waals surface area contributed by atoms with E-state index in [0.29, 0.717) is 32.7 Å². The second kappa shape index (κ2) is 7.01. The first-order chi connectivity index (χ1) is 11.1. The summed E-state index contributed by atoms with van der Waals surface area (Å²) in [6, 6.07) is 1.99. The van der Waals surface area contributed by atoms with Crippen molar-refractivity contribution in [2.75, 3.05) is 39.9 Å². The molecule has 126 valence electrons. The summed E-state index contributed by atoms with van der Waals surface area (Å²) < 4.78 is 5.10. The lowest BCUT2D eigenvalue weighted by Gasteiger charge is -2.39. The van der Waals surface area contributed by atoms with Crippen molar-refractivity contribution in [1.29, 1.82) is 0 Å². The molecule has 6 heteroatoms. The minimum atomic E-state index is -0.351. The van der Waals surface area contributed by atoms with Gasteiger partial charge < -0.3 is 14.5 Å². The van der Waals surface area contributed by atoms with Crippen LogP contribution in [-0.4, -0.2) is 61.5 Å². The molecule has 0 bridgehead atoms. The molecule has 0 aromatic carbocycles. The average molecular weight is 336 g/mol.